The SMILES string of the molecule is CCOC(=O)CCN(C)C(C)c1ccccc1F. The molecule has 1 unspecified atom stereocenters. The Morgan fingerprint density at radius 2 is 2.11 bits per heavy atom. The molecule has 100 valence electrons. The molecule has 0 saturated carbocycles. The summed E-state index contributed by atoms with van der Waals surface area (Å²) in [4.78, 5) is 13.2. The molecule has 1 aromatic rings. The van der Waals surface area contributed by atoms with Crippen molar-refractivity contribution < 1.29 is 13.9 Å². The van der Waals surface area contributed by atoms with E-state index in [2.05, 4.69) is 0 Å². The molecule has 0 saturated heterocycles. The fourth-order valence-corrected chi connectivity index (χ4v) is 1.75. The summed E-state index contributed by atoms with van der Waals surface area (Å²) in [5.74, 6) is -0.432. The maximum atomic E-state index is 13.6. The van der Waals surface area contributed by atoms with Crippen LogP contribution in [0, 0.1) is 5.82 Å². The number of hydrogen-bond donors (Lipinski definition) is 0. The normalized spacial score (nSPS) is 12.5. The molecule has 0 fully saturated rings. The van der Waals surface area contributed by atoms with Crippen LogP contribution in [0.3, 0.4) is 0 Å². The van der Waals surface area contributed by atoms with Crippen LogP contribution in [-0.4, -0.2) is 31.1 Å². The van der Waals surface area contributed by atoms with E-state index in [1.807, 2.05) is 24.9 Å². The minimum absolute atomic E-state index is 0.0689. The van der Waals surface area contributed by atoms with Gasteiger partial charge in [0.15, 0.2) is 0 Å². The number of nitrogens with zero attached hydrogens (tertiary/aromatic N) is 1. The molecule has 0 radical (unpaired) electrons. The molecule has 4 heteroatoms. The summed E-state index contributed by atoms with van der Waals surface area (Å²) in [5, 5.41) is 0. The number of halogens is 1. The monoisotopic (exact) mass is 253 g/mol. The summed E-state index contributed by atoms with van der Waals surface area (Å²) in [5.41, 5.74) is 0.642. The lowest BCUT2D eigenvalue weighted by Gasteiger charge is -2.24. The molecule has 0 heterocycles. The second-order valence-electron chi connectivity index (χ2n) is 4.23. The number of rotatable bonds is 6. The Hall–Kier alpha value is -1.42. The van der Waals surface area contributed by atoms with E-state index in [4.69, 9.17) is 4.74 Å². The van der Waals surface area contributed by atoms with Crippen LogP contribution in [0.5, 0.6) is 0 Å². The lowest BCUT2D eigenvalue weighted by molar-refractivity contribution is -0.143. The van der Waals surface area contributed by atoms with E-state index in [0.29, 0.717) is 25.1 Å². The number of esters is 1. The van der Waals surface area contributed by atoms with Crippen molar-refractivity contribution in [1.29, 1.82) is 0 Å². The number of carbonyl (C=O) groups excluding carboxylic acids is 1. The van der Waals surface area contributed by atoms with Gasteiger partial charge in [0, 0.05) is 18.2 Å². The van der Waals surface area contributed by atoms with Crippen molar-refractivity contribution in [2.24, 2.45) is 0 Å². The van der Waals surface area contributed by atoms with Gasteiger partial charge in [-0.3, -0.25) is 9.69 Å². The van der Waals surface area contributed by atoms with Crippen LogP contribution in [0.25, 0.3) is 0 Å². The summed E-state index contributed by atoms with van der Waals surface area (Å²) in [6.45, 7) is 4.65. The van der Waals surface area contributed by atoms with Gasteiger partial charge in [-0.25, -0.2) is 4.39 Å². The van der Waals surface area contributed by atoms with Crippen LogP contribution in [0.1, 0.15) is 31.9 Å². The van der Waals surface area contributed by atoms with Gasteiger partial charge in [0.05, 0.1) is 13.0 Å². The second kappa shape index (κ2) is 7.11. The summed E-state index contributed by atoms with van der Waals surface area (Å²) in [6.07, 6.45) is 0.323. The van der Waals surface area contributed by atoms with Crippen molar-refractivity contribution in [3.8, 4) is 0 Å². The minimum atomic E-state index is -0.218. The summed E-state index contributed by atoms with van der Waals surface area (Å²) in [7, 11) is 1.87. The average Bonchev–Trinajstić information content (AvgIpc) is 2.36. The largest absolute Gasteiger partial charge is 0.466 e. The topological polar surface area (TPSA) is 29.5 Å². The highest BCUT2D eigenvalue weighted by Gasteiger charge is 2.16. The molecule has 0 aliphatic rings. The van der Waals surface area contributed by atoms with Gasteiger partial charge in [0.2, 0.25) is 0 Å². The Kier molecular flexibility index (Phi) is 5.78. The Bertz CT molecular complexity index is 395. The van der Waals surface area contributed by atoms with Crippen molar-refractivity contribution >= 4 is 5.97 Å². The van der Waals surface area contributed by atoms with Gasteiger partial charge < -0.3 is 4.74 Å². The van der Waals surface area contributed by atoms with Crippen molar-refractivity contribution in [2.75, 3.05) is 20.2 Å². The van der Waals surface area contributed by atoms with Crippen molar-refractivity contribution in [2.45, 2.75) is 26.3 Å². The average molecular weight is 253 g/mol. The molecule has 0 amide bonds. The van der Waals surface area contributed by atoms with Crippen LogP contribution < -0.4 is 0 Å². The lowest BCUT2D eigenvalue weighted by Crippen LogP contribution is -2.26. The number of carbonyl (C=O) groups is 1. The van der Waals surface area contributed by atoms with Crippen LogP contribution in [0.4, 0.5) is 4.39 Å². The third kappa shape index (κ3) is 4.11. The molecule has 3 nitrogen and oxygen atoms in total. The molecule has 0 aliphatic carbocycles. The third-order valence-corrected chi connectivity index (χ3v) is 2.99. The van der Waals surface area contributed by atoms with Crippen molar-refractivity contribution in [1.82, 2.24) is 4.90 Å². The van der Waals surface area contributed by atoms with E-state index >= 15 is 0 Å². The second-order valence-corrected chi connectivity index (χ2v) is 4.23. The van der Waals surface area contributed by atoms with Crippen LogP contribution in [-0.2, 0) is 9.53 Å². The predicted molar refractivity (Wildman–Crippen MR) is 68.7 cm³/mol. The zero-order valence-corrected chi connectivity index (χ0v) is 11.1. The molecule has 0 N–H and O–H groups in total. The first kappa shape index (κ1) is 14.6. The van der Waals surface area contributed by atoms with Gasteiger partial charge in [0.1, 0.15) is 5.82 Å². The van der Waals surface area contributed by atoms with Crippen LogP contribution in [0.2, 0.25) is 0 Å². The first-order valence-corrected chi connectivity index (χ1v) is 6.16. The number of benzene rings is 1. The molecule has 1 atom stereocenters. The number of hydrogen-bond acceptors (Lipinski definition) is 3. The van der Waals surface area contributed by atoms with Crippen LogP contribution in [0.15, 0.2) is 24.3 Å². The van der Waals surface area contributed by atoms with E-state index in [9.17, 15) is 9.18 Å². The summed E-state index contributed by atoms with van der Waals surface area (Å²) < 4.78 is 18.5. The highest BCUT2D eigenvalue weighted by Crippen LogP contribution is 2.21. The van der Waals surface area contributed by atoms with E-state index in [-0.39, 0.29) is 17.8 Å². The first-order valence-electron chi connectivity index (χ1n) is 6.16. The van der Waals surface area contributed by atoms with Gasteiger partial charge in [0.25, 0.3) is 0 Å². The van der Waals surface area contributed by atoms with Crippen molar-refractivity contribution in [3.63, 3.8) is 0 Å². The molecular formula is C14H20FNO2. The highest BCUT2D eigenvalue weighted by molar-refractivity contribution is 5.69. The Morgan fingerprint density at radius 3 is 2.72 bits per heavy atom. The van der Waals surface area contributed by atoms with Gasteiger partial charge >= 0.3 is 5.97 Å². The summed E-state index contributed by atoms with van der Waals surface area (Å²) in [6, 6.07) is 6.63. The summed E-state index contributed by atoms with van der Waals surface area (Å²) >= 11 is 0. The van der Waals surface area contributed by atoms with Gasteiger partial charge in [-0.05, 0) is 27.0 Å². The van der Waals surface area contributed by atoms with Gasteiger partial charge in [-0.1, -0.05) is 18.2 Å². The Morgan fingerprint density at radius 1 is 1.44 bits per heavy atom. The fourth-order valence-electron chi connectivity index (χ4n) is 1.75. The zero-order valence-electron chi connectivity index (χ0n) is 11.1. The molecule has 0 spiro atoms. The smallest absolute Gasteiger partial charge is 0.307 e. The number of ether oxygens (including phenoxy) is 1. The molecule has 0 bridgehead atoms. The maximum Gasteiger partial charge on any atom is 0.307 e. The standard InChI is InChI=1S/C14H20FNO2/c1-4-18-14(17)9-10-16(3)11(2)12-7-5-6-8-13(12)15/h5-8,11H,4,9-10H2,1-3H3. The maximum absolute atomic E-state index is 13.6. The molecule has 18 heavy (non-hydrogen) atoms. The van der Waals surface area contributed by atoms with E-state index < -0.39 is 0 Å². The molecule has 0 aliphatic heterocycles. The molecular weight excluding hydrogens is 233 g/mol. The first-order chi connectivity index (χ1) is 8.56. The lowest BCUT2D eigenvalue weighted by atomic mass is 10.1. The van der Waals surface area contributed by atoms with Crippen LogP contribution >= 0.6 is 0 Å². The predicted octanol–water partition coefficient (Wildman–Crippen LogP) is 2.77. The molecule has 1 rings (SSSR count). The fraction of sp³-hybridized carbons (Fsp3) is 0.500. The third-order valence-electron chi connectivity index (χ3n) is 2.99. The van der Waals surface area contributed by atoms with E-state index in [1.54, 1.807) is 19.1 Å². The Balaban J connectivity index is 2.54. The zero-order chi connectivity index (χ0) is 13.5. The van der Waals surface area contributed by atoms with Gasteiger partial charge in [-0.15, -0.1) is 0 Å². The molecule has 1 aromatic carbocycles. The quantitative estimate of drug-likeness (QED) is 0.730. The molecule has 0 aromatic heterocycles. The van der Waals surface area contributed by atoms with E-state index in [0.717, 1.165) is 0 Å². The minimum Gasteiger partial charge on any atom is -0.466 e. The highest BCUT2D eigenvalue weighted by atomic mass is 19.1. The van der Waals surface area contributed by atoms with Gasteiger partial charge in [-0.2, -0.15) is 0 Å². The van der Waals surface area contributed by atoms with Crippen molar-refractivity contribution in [3.05, 3.63) is 35.6 Å². The van der Waals surface area contributed by atoms with E-state index in [1.165, 1.54) is 6.07 Å². The Labute approximate surface area is 108 Å².